The number of hydrogen-bond acceptors (Lipinski definition) is 7. The van der Waals surface area contributed by atoms with Gasteiger partial charge >= 0.3 is 0 Å². The molecule has 2 saturated heterocycles. The van der Waals surface area contributed by atoms with Gasteiger partial charge in [-0.15, -0.1) is 0 Å². The monoisotopic (exact) mass is 550 g/mol. The zero-order valence-electron chi connectivity index (χ0n) is 19.5. The molecule has 0 radical (unpaired) electrons. The molecular formula is C25H24Cl2N2O6S. The normalized spacial score (nSPS) is 17.1. The second-order valence-electron chi connectivity index (χ2n) is 7.92. The summed E-state index contributed by atoms with van der Waals surface area (Å²) in [6, 6.07) is 10.0. The maximum absolute atomic E-state index is 12.9. The summed E-state index contributed by atoms with van der Waals surface area (Å²) >= 11 is 13.0. The lowest BCUT2D eigenvalue weighted by Crippen LogP contribution is -2.43. The van der Waals surface area contributed by atoms with Crippen LogP contribution in [0.3, 0.4) is 0 Å². The van der Waals surface area contributed by atoms with E-state index in [9.17, 15) is 14.4 Å². The Kier molecular flexibility index (Phi) is 8.79. The van der Waals surface area contributed by atoms with E-state index < -0.39 is 5.91 Å². The molecule has 11 heteroatoms. The highest BCUT2D eigenvalue weighted by Gasteiger charge is 2.35. The van der Waals surface area contributed by atoms with E-state index in [0.717, 1.165) is 16.7 Å². The SMILES string of the molecule is CCOc1cc(/C=C2\SC(=O)N(Cc3ccc(Cl)cc3Cl)C2=O)ccc1OCC(=O)N1CCOCC1. The molecule has 2 heterocycles. The van der Waals surface area contributed by atoms with E-state index in [4.69, 9.17) is 37.4 Å². The van der Waals surface area contributed by atoms with Gasteiger partial charge in [-0.25, -0.2) is 0 Å². The molecule has 2 aliphatic rings. The number of rotatable bonds is 8. The van der Waals surface area contributed by atoms with Crippen LogP contribution in [-0.4, -0.2) is 66.4 Å². The number of benzene rings is 2. The van der Waals surface area contributed by atoms with Crippen molar-refractivity contribution in [3.63, 3.8) is 0 Å². The molecule has 2 aliphatic heterocycles. The first-order valence-electron chi connectivity index (χ1n) is 11.3. The summed E-state index contributed by atoms with van der Waals surface area (Å²) in [4.78, 5) is 41.0. The van der Waals surface area contributed by atoms with Crippen LogP contribution in [0, 0.1) is 0 Å². The van der Waals surface area contributed by atoms with Crippen LogP contribution in [0.25, 0.3) is 6.08 Å². The number of amides is 3. The smallest absolute Gasteiger partial charge is 0.293 e. The van der Waals surface area contributed by atoms with E-state index in [2.05, 4.69) is 0 Å². The fraction of sp³-hybridized carbons (Fsp3) is 0.320. The average molecular weight is 551 g/mol. The van der Waals surface area contributed by atoms with Gasteiger partial charge in [0, 0.05) is 23.1 Å². The van der Waals surface area contributed by atoms with Crippen LogP contribution in [0.15, 0.2) is 41.3 Å². The molecule has 2 aromatic rings. The minimum atomic E-state index is -0.412. The Hall–Kier alpha value is -2.72. The lowest BCUT2D eigenvalue weighted by molar-refractivity contribution is -0.137. The summed E-state index contributed by atoms with van der Waals surface area (Å²) < 4.78 is 16.7. The van der Waals surface area contributed by atoms with E-state index in [0.29, 0.717) is 65.6 Å². The summed E-state index contributed by atoms with van der Waals surface area (Å²) in [5, 5.41) is 0.472. The third kappa shape index (κ3) is 6.34. The van der Waals surface area contributed by atoms with Gasteiger partial charge in [0.25, 0.3) is 17.1 Å². The number of nitrogens with zero attached hydrogens (tertiary/aromatic N) is 2. The van der Waals surface area contributed by atoms with E-state index in [1.54, 1.807) is 47.4 Å². The lowest BCUT2D eigenvalue weighted by Gasteiger charge is -2.26. The number of carbonyl (C=O) groups excluding carboxylic acids is 3. The average Bonchev–Trinajstić information content (AvgIpc) is 3.13. The fourth-order valence-corrected chi connectivity index (χ4v) is 4.96. The first kappa shape index (κ1) is 26.3. The van der Waals surface area contributed by atoms with Crippen LogP contribution in [0.4, 0.5) is 4.79 Å². The summed E-state index contributed by atoms with van der Waals surface area (Å²) in [5.74, 6) is 0.319. The highest BCUT2D eigenvalue weighted by atomic mass is 35.5. The van der Waals surface area contributed by atoms with Crippen LogP contribution in [0.1, 0.15) is 18.1 Å². The number of carbonyl (C=O) groups is 3. The molecule has 0 atom stereocenters. The lowest BCUT2D eigenvalue weighted by atomic mass is 10.1. The van der Waals surface area contributed by atoms with Gasteiger partial charge in [0.05, 0.1) is 31.3 Å². The van der Waals surface area contributed by atoms with Crippen LogP contribution in [0.2, 0.25) is 10.0 Å². The second kappa shape index (κ2) is 12.0. The summed E-state index contributed by atoms with van der Waals surface area (Å²) in [6.07, 6.45) is 1.62. The molecule has 0 aliphatic carbocycles. The van der Waals surface area contributed by atoms with Crippen molar-refractivity contribution in [1.82, 2.24) is 9.80 Å². The van der Waals surface area contributed by atoms with Gasteiger partial charge in [-0.2, -0.15) is 0 Å². The largest absolute Gasteiger partial charge is 0.490 e. The Balaban J connectivity index is 1.46. The quantitative estimate of drug-likeness (QED) is 0.433. The van der Waals surface area contributed by atoms with Crippen LogP contribution in [-0.2, 0) is 20.9 Å². The zero-order chi connectivity index (χ0) is 25.7. The molecule has 0 unspecified atom stereocenters. The highest BCUT2D eigenvalue weighted by molar-refractivity contribution is 8.18. The maximum Gasteiger partial charge on any atom is 0.293 e. The number of hydrogen-bond donors (Lipinski definition) is 0. The molecule has 0 saturated carbocycles. The predicted octanol–water partition coefficient (Wildman–Crippen LogP) is 4.87. The molecular weight excluding hydrogens is 527 g/mol. The molecule has 2 aromatic carbocycles. The molecule has 3 amide bonds. The number of thioether (sulfide) groups is 1. The number of halogens is 2. The first-order valence-corrected chi connectivity index (χ1v) is 12.9. The topological polar surface area (TPSA) is 85.4 Å². The number of imide groups is 1. The van der Waals surface area contributed by atoms with Gasteiger partial charge in [-0.3, -0.25) is 19.3 Å². The van der Waals surface area contributed by atoms with E-state index in [1.165, 1.54) is 0 Å². The van der Waals surface area contributed by atoms with Crippen molar-refractivity contribution in [3.05, 3.63) is 62.5 Å². The van der Waals surface area contributed by atoms with Crippen LogP contribution in [0.5, 0.6) is 11.5 Å². The van der Waals surface area contributed by atoms with Crippen molar-refractivity contribution in [1.29, 1.82) is 0 Å². The van der Waals surface area contributed by atoms with Crippen molar-refractivity contribution >= 4 is 58.1 Å². The third-order valence-corrected chi connectivity index (χ3v) is 6.99. The minimum Gasteiger partial charge on any atom is -0.490 e. The van der Waals surface area contributed by atoms with E-state index in [1.807, 2.05) is 6.92 Å². The van der Waals surface area contributed by atoms with E-state index >= 15 is 0 Å². The molecule has 2 fully saturated rings. The van der Waals surface area contributed by atoms with Crippen molar-refractivity contribution in [3.8, 4) is 11.5 Å². The Bertz CT molecular complexity index is 1200. The molecule has 0 spiro atoms. The molecule has 8 nitrogen and oxygen atoms in total. The molecule has 190 valence electrons. The number of ether oxygens (including phenoxy) is 3. The van der Waals surface area contributed by atoms with Gasteiger partial charge in [0.2, 0.25) is 0 Å². The highest BCUT2D eigenvalue weighted by Crippen LogP contribution is 2.36. The Morgan fingerprint density at radius 3 is 2.58 bits per heavy atom. The Labute approximate surface area is 223 Å². The van der Waals surface area contributed by atoms with Crippen molar-refractivity contribution in [2.45, 2.75) is 13.5 Å². The Morgan fingerprint density at radius 2 is 1.86 bits per heavy atom. The molecule has 0 bridgehead atoms. The fourth-order valence-electron chi connectivity index (χ4n) is 3.65. The van der Waals surface area contributed by atoms with Crippen LogP contribution < -0.4 is 9.47 Å². The van der Waals surface area contributed by atoms with Crippen molar-refractivity contribution in [2.24, 2.45) is 0 Å². The molecule has 0 N–H and O–H groups in total. The maximum atomic E-state index is 12.9. The predicted molar refractivity (Wildman–Crippen MR) is 138 cm³/mol. The second-order valence-corrected chi connectivity index (χ2v) is 9.76. The minimum absolute atomic E-state index is 0.0478. The zero-order valence-corrected chi connectivity index (χ0v) is 21.8. The van der Waals surface area contributed by atoms with Crippen molar-refractivity contribution in [2.75, 3.05) is 39.5 Å². The molecule has 4 rings (SSSR count). The van der Waals surface area contributed by atoms with Gasteiger partial charge in [-0.1, -0.05) is 35.3 Å². The van der Waals surface area contributed by atoms with Gasteiger partial charge < -0.3 is 19.1 Å². The molecule has 0 aromatic heterocycles. The summed E-state index contributed by atoms with van der Waals surface area (Å²) in [6.45, 7) is 4.26. The standard InChI is InChI=1S/C25H24Cl2N2O6S/c1-2-34-21-11-16(3-6-20(21)35-15-23(30)28-7-9-33-10-8-28)12-22-24(31)29(25(32)36-22)14-17-4-5-18(26)13-19(17)27/h3-6,11-13H,2,7-10,14-15H2,1H3/b22-12-. The van der Waals surface area contributed by atoms with Gasteiger partial charge in [0.1, 0.15) is 0 Å². The van der Waals surface area contributed by atoms with Crippen molar-refractivity contribution < 1.29 is 28.6 Å². The summed E-state index contributed by atoms with van der Waals surface area (Å²) in [7, 11) is 0. The third-order valence-electron chi connectivity index (χ3n) is 5.50. The number of morpholine rings is 1. The first-order chi connectivity index (χ1) is 17.4. The van der Waals surface area contributed by atoms with Gasteiger partial charge in [-0.05, 0) is 60.2 Å². The summed E-state index contributed by atoms with van der Waals surface area (Å²) in [5.41, 5.74) is 1.27. The molecule has 36 heavy (non-hydrogen) atoms. The van der Waals surface area contributed by atoms with Crippen LogP contribution >= 0.6 is 35.0 Å². The Morgan fingerprint density at radius 1 is 1.08 bits per heavy atom. The van der Waals surface area contributed by atoms with E-state index in [-0.39, 0.29) is 29.2 Å². The van der Waals surface area contributed by atoms with Gasteiger partial charge in [0.15, 0.2) is 18.1 Å².